The van der Waals surface area contributed by atoms with Crippen molar-refractivity contribution in [2.75, 3.05) is 13.1 Å². The van der Waals surface area contributed by atoms with Crippen molar-refractivity contribution >= 4 is 21.8 Å². The smallest absolute Gasteiger partial charge is 0.309 e. The Balaban J connectivity index is 1.36. The van der Waals surface area contributed by atoms with Gasteiger partial charge in [-0.15, -0.1) is 4.40 Å². The van der Waals surface area contributed by atoms with E-state index in [4.69, 9.17) is 10.00 Å². The third-order valence-electron chi connectivity index (χ3n) is 5.18. The molecule has 148 valence electrons. The molecule has 0 N–H and O–H groups in total. The van der Waals surface area contributed by atoms with Crippen molar-refractivity contribution in [1.82, 2.24) is 4.90 Å². The normalized spacial score (nSPS) is 17.9. The second kappa shape index (κ2) is 7.68. The Kier molecular flexibility index (Phi) is 5.07. The van der Waals surface area contributed by atoms with E-state index in [0.717, 1.165) is 5.56 Å². The first-order chi connectivity index (χ1) is 14.0. The lowest BCUT2D eigenvalue weighted by Crippen LogP contribution is -2.40. The van der Waals surface area contributed by atoms with Crippen LogP contribution in [-0.2, 0) is 26.2 Å². The number of likely N-dealkylation sites (tertiary alicyclic amines) is 1. The average molecular weight is 409 g/mol. The molecule has 0 aromatic heterocycles. The number of nitriles is 1. The summed E-state index contributed by atoms with van der Waals surface area (Å²) in [6, 6.07) is 15.8. The Morgan fingerprint density at radius 1 is 1.17 bits per heavy atom. The first-order valence-corrected chi connectivity index (χ1v) is 10.8. The number of carbonyl (C=O) groups excluding carboxylic acids is 1. The molecule has 0 amide bonds. The minimum atomic E-state index is -3.65. The van der Waals surface area contributed by atoms with Gasteiger partial charge in [-0.1, -0.05) is 24.3 Å². The summed E-state index contributed by atoms with van der Waals surface area (Å²) in [6.07, 6.45) is 1.14. The van der Waals surface area contributed by atoms with Crippen molar-refractivity contribution < 1.29 is 17.9 Å². The number of piperidine rings is 1. The van der Waals surface area contributed by atoms with Gasteiger partial charge in [0.1, 0.15) is 11.5 Å². The predicted molar refractivity (Wildman–Crippen MR) is 105 cm³/mol. The number of carbonyl (C=O) groups is 1. The zero-order valence-corrected chi connectivity index (χ0v) is 16.4. The van der Waals surface area contributed by atoms with E-state index in [1.54, 1.807) is 42.5 Å². The molecule has 2 aromatic carbocycles. The van der Waals surface area contributed by atoms with Crippen molar-refractivity contribution in [1.29, 1.82) is 5.26 Å². The van der Waals surface area contributed by atoms with Gasteiger partial charge in [0.15, 0.2) is 5.84 Å². The SMILES string of the molecule is N#Cc1cccc(COC(=O)C2CCN(C3=NS(=O)(=O)c4ccccc43)CC2)c1. The maximum absolute atomic E-state index is 12.4. The number of benzene rings is 2. The molecule has 7 nitrogen and oxygen atoms in total. The van der Waals surface area contributed by atoms with Crippen LogP contribution in [0.1, 0.15) is 29.5 Å². The summed E-state index contributed by atoms with van der Waals surface area (Å²) in [7, 11) is -3.65. The number of esters is 1. The van der Waals surface area contributed by atoms with Crippen LogP contribution in [-0.4, -0.2) is 38.2 Å². The second-order valence-electron chi connectivity index (χ2n) is 7.07. The quantitative estimate of drug-likeness (QED) is 0.722. The number of fused-ring (bicyclic) bond motifs is 1. The van der Waals surface area contributed by atoms with Crippen molar-refractivity contribution in [3.8, 4) is 6.07 Å². The fourth-order valence-corrected chi connectivity index (χ4v) is 4.87. The van der Waals surface area contributed by atoms with Crippen LogP contribution in [0.15, 0.2) is 57.8 Å². The number of amidine groups is 1. The molecule has 0 aliphatic carbocycles. The van der Waals surface area contributed by atoms with Crippen molar-refractivity contribution in [3.05, 3.63) is 65.2 Å². The number of sulfonamides is 1. The maximum atomic E-state index is 12.4. The summed E-state index contributed by atoms with van der Waals surface area (Å²) in [5.74, 6) is -0.0478. The molecule has 2 aromatic rings. The van der Waals surface area contributed by atoms with Gasteiger partial charge in [0.25, 0.3) is 10.0 Å². The lowest BCUT2D eigenvalue weighted by atomic mass is 9.96. The van der Waals surface area contributed by atoms with Gasteiger partial charge in [0, 0.05) is 18.7 Å². The van der Waals surface area contributed by atoms with Crippen molar-refractivity contribution in [2.45, 2.75) is 24.3 Å². The van der Waals surface area contributed by atoms with E-state index in [-0.39, 0.29) is 23.4 Å². The molecule has 0 spiro atoms. The third-order valence-corrected chi connectivity index (χ3v) is 6.50. The summed E-state index contributed by atoms with van der Waals surface area (Å²) in [6.45, 7) is 1.20. The van der Waals surface area contributed by atoms with E-state index < -0.39 is 10.0 Å². The minimum Gasteiger partial charge on any atom is -0.461 e. The van der Waals surface area contributed by atoms with E-state index in [0.29, 0.717) is 42.9 Å². The van der Waals surface area contributed by atoms with Crippen LogP contribution in [0.5, 0.6) is 0 Å². The highest BCUT2D eigenvalue weighted by molar-refractivity contribution is 7.90. The van der Waals surface area contributed by atoms with Crippen molar-refractivity contribution in [3.63, 3.8) is 0 Å². The zero-order valence-electron chi connectivity index (χ0n) is 15.6. The van der Waals surface area contributed by atoms with Gasteiger partial charge in [0.05, 0.1) is 17.6 Å². The van der Waals surface area contributed by atoms with Crippen LogP contribution in [0.25, 0.3) is 0 Å². The highest BCUT2D eigenvalue weighted by Gasteiger charge is 2.34. The zero-order chi connectivity index (χ0) is 20.4. The van der Waals surface area contributed by atoms with Gasteiger partial charge in [-0.05, 0) is 42.7 Å². The van der Waals surface area contributed by atoms with E-state index in [1.807, 2.05) is 11.0 Å². The topological polar surface area (TPSA) is 99.8 Å². The number of hydrogen-bond donors (Lipinski definition) is 0. The van der Waals surface area contributed by atoms with Gasteiger partial charge in [0.2, 0.25) is 0 Å². The van der Waals surface area contributed by atoms with Crippen LogP contribution in [0.4, 0.5) is 0 Å². The number of nitrogens with zero attached hydrogens (tertiary/aromatic N) is 3. The summed E-state index contributed by atoms with van der Waals surface area (Å²) in [5, 5.41) is 8.94. The predicted octanol–water partition coefficient (Wildman–Crippen LogP) is 2.46. The molecule has 29 heavy (non-hydrogen) atoms. The lowest BCUT2D eigenvalue weighted by molar-refractivity contribution is -0.151. The molecule has 2 heterocycles. The van der Waals surface area contributed by atoms with E-state index in [2.05, 4.69) is 10.5 Å². The molecule has 0 atom stereocenters. The maximum Gasteiger partial charge on any atom is 0.309 e. The second-order valence-corrected chi connectivity index (χ2v) is 8.64. The van der Waals surface area contributed by atoms with Crippen LogP contribution in [0.2, 0.25) is 0 Å². The number of hydrogen-bond acceptors (Lipinski definition) is 6. The van der Waals surface area contributed by atoms with Gasteiger partial charge >= 0.3 is 5.97 Å². The van der Waals surface area contributed by atoms with Crippen LogP contribution in [0, 0.1) is 17.2 Å². The van der Waals surface area contributed by atoms with Gasteiger partial charge in [-0.3, -0.25) is 4.79 Å². The third kappa shape index (κ3) is 3.87. The molecule has 0 saturated carbocycles. The first kappa shape index (κ1) is 19.2. The number of ether oxygens (including phenoxy) is 1. The molecule has 1 saturated heterocycles. The fourth-order valence-electron chi connectivity index (χ4n) is 3.65. The summed E-state index contributed by atoms with van der Waals surface area (Å²) in [4.78, 5) is 14.6. The summed E-state index contributed by atoms with van der Waals surface area (Å²) >= 11 is 0. The van der Waals surface area contributed by atoms with Gasteiger partial charge in [-0.2, -0.15) is 13.7 Å². The highest BCUT2D eigenvalue weighted by Crippen LogP contribution is 2.30. The molecule has 2 aliphatic heterocycles. The Morgan fingerprint density at radius 3 is 2.69 bits per heavy atom. The average Bonchev–Trinajstić information content (AvgIpc) is 3.03. The molecule has 2 aliphatic rings. The standard InChI is InChI=1S/C21H19N3O4S/c22-13-15-4-3-5-16(12-15)14-28-21(25)17-8-10-24(11-9-17)20-18-6-1-2-7-19(18)29(26,27)23-20/h1-7,12,17H,8-11,14H2. The highest BCUT2D eigenvalue weighted by atomic mass is 32.2. The van der Waals surface area contributed by atoms with Crippen LogP contribution < -0.4 is 0 Å². The van der Waals surface area contributed by atoms with Crippen molar-refractivity contribution in [2.24, 2.45) is 10.3 Å². The molecular weight excluding hydrogens is 390 g/mol. The molecule has 4 rings (SSSR count). The molecule has 0 radical (unpaired) electrons. The van der Waals surface area contributed by atoms with Gasteiger partial charge in [-0.25, -0.2) is 0 Å². The molecular formula is C21H19N3O4S. The minimum absolute atomic E-state index is 0.132. The Bertz CT molecular complexity index is 1130. The van der Waals surface area contributed by atoms with E-state index in [9.17, 15) is 13.2 Å². The Hall–Kier alpha value is -3.18. The Morgan fingerprint density at radius 2 is 1.93 bits per heavy atom. The summed E-state index contributed by atoms with van der Waals surface area (Å²) in [5.41, 5.74) is 1.92. The fraction of sp³-hybridized carbons (Fsp3) is 0.286. The largest absolute Gasteiger partial charge is 0.461 e. The Labute approximate surface area is 169 Å². The first-order valence-electron chi connectivity index (χ1n) is 9.33. The molecule has 1 fully saturated rings. The molecule has 8 heteroatoms. The van der Waals surface area contributed by atoms with Gasteiger partial charge < -0.3 is 9.64 Å². The monoisotopic (exact) mass is 409 g/mol. The summed E-state index contributed by atoms with van der Waals surface area (Å²) < 4.78 is 33.8. The number of rotatable bonds is 3. The molecule has 0 unspecified atom stereocenters. The van der Waals surface area contributed by atoms with E-state index in [1.165, 1.54) is 0 Å². The molecule has 0 bridgehead atoms. The van der Waals surface area contributed by atoms with Crippen LogP contribution >= 0.6 is 0 Å². The van der Waals surface area contributed by atoms with Crippen LogP contribution in [0.3, 0.4) is 0 Å². The van der Waals surface area contributed by atoms with E-state index >= 15 is 0 Å². The lowest BCUT2D eigenvalue weighted by Gasteiger charge is -2.32.